The van der Waals surface area contributed by atoms with Gasteiger partial charge in [0.05, 0.1) is 19.3 Å². The third-order valence-electron chi connectivity index (χ3n) is 3.81. The number of carbonyl (C=O) groups is 2. The van der Waals surface area contributed by atoms with Crippen molar-refractivity contribution in [3.8, 4) is 0 Å². The maximum atomic E-state index is 12.0. The molecular formula is C17H24N2O3. The normalized spacial score (nSPS) is 18.0. The summed E-state index contributed by atoms with van der Waals surface area (Å²) in [4.78, 5) is 24.6. The van der Waals surface area contributed by atoms with Gasteiger partial charge in [-0.15, -0.1) is 0 Å². The summed E-state index contributed by atoms with van der Waals surface area (Å²) in [5.74, 6) is -0.215. The highest BCUT2D eigenvalue weighted by molar-refractivity contribution is 5.83. The first-order valence-corrected chi connectivity index (χ1v) is 7.83. The predicted molar refractivity (Wildman–Crippen MR) is 84.4 cm³/mol. The molecule has 5 heteroatoms. The third kappa shape index (κ3) is 5.48. The molecule has 1 aromatic carbocycles. The van der Waals surface area contributed by atoms with Crippen molar-refractivity contribution in [2.24, 2.45) is 0 Å². The number of aryl methyl sites for hydroxylation is 1. The monoisotopic (exact) mass is 304 g/mol. The van der Waals surface area contributed by atoms with Crippen LogP contribution in [0.25, 0.3) is 0 Å². The van der Waals surface area contributed by atoms with Crippen molar-refractivity contribution in [3.05, 3.63) is 35.9 Å². The van der Waals surface area contributed by atoms with Gasteiger partial charge in [0, 0.05) is 20.0 Å². The van der Waals surface area contributed by atoms with Crippen molar-refractivity contribution >= 4 is 11.8 Å². The van der Waals surface area contributed by atoms with E-state index in [0.717, 1.165) is 19.3 Å². The molecule has 0 bridgehead atoms. The van der Waals surface area contributed by atoms with Gasteiger partial charge in [-0.05, 0) is 24.8 Å². The summed E-state index contributed by atoms with van der Waals surface area (Å²) >= 11 is 0. The largest absolute Gasteiger partial charge is 0.375 e. The van der Waals surface area contributed by atoms with E-state index in [1.807, 2.05) is 6.07 Å². The summed E-state index contributed by atoms with van der Waals surface area (Å²) < 4.78 is 5.74. The number of hydrogen-bond acceptors (Lipinski definition) is 3. The van der Waals surface area contributed by atoms with E-state index >= 15 is 0 Å². The number of carbonyl (C=O) groups excluding carboxylic acids is 2. The second-order valence-electron chi connectivity index (χ2n) is 5.62. The van der Waals surface area contributed by atoms with Crippen LogP contribution in [0.5, 0.6) is 0 Å². The average Bonchev–Trinajstić information content (AvgIpc) is 2.54. The van der Waals surface area contributed by atoms with Crippen LogP contribution < -0.4 is 5.32 Å². The highest BCUT2D eigenvalue weighted by atomic mass is 16.5. The van der Waals surface area contributed by atoms with Crippen molar-refractivity contribution < 1.29 is 14.3 Å². The lowest BCUT2D eigenvalue weighted by atomic mass is 10.1. The standard InChI is InChI=1S/C17H24N2O3/c1-14(20)18-12-17(21)19-10-11-22-16(13-19)9-5-8-15-6-3-2-4-7-15/h2-4,6-7,16H,5,8-13H2,1H3,(H,18,20). The van der Waals surface area contributed by atoms with Crippen molar-refractivity contribution in [3.63, 3.8) is 0 Å². The van der Waals surface area contributed by atoms with Crippen LogP contribution in [0.2, 0.25) is 0 Å². The SMILES string of the molecule is CC(=O)NCC(=O)N1CCOC(CCCc2ccccc2)C1. The van der Waals surface area contributed by atoms with Gasteiger partial charge >= 0.3 is 0 Å². The van der Waals surface area contributed by atoms with Gasteiger partial charge in [-0.1, -0.05) is 30.3 Å². The highest BCUT2D eigenvalue weighted by Crippen LogP contribution is 2.13. The minimum absolute atomic E-state index is 0.0356. The van der Waals surface area contributed by atoms with Crippen LogP contribution in [0.1, 0.15) is 25.3 Å². The van der Waals surface area contributed by atoms with Gasteiger partial charge in [0.25, 0.3) is 0 Å². The predicted octanol–water partition coefficient (Wildman–Crippen LogP) is 1.37. The fourth-order valence-electron chi connectivity index (χ4n) is 2.61. The molecule has 1 aliphatic heterocycles. The Morgan fingerprint density at radius 3 is 2.82 bits per heavy atom. The molecule has 1 atom stereocenters. The molecule has 2 rings (SSSR count). The average molecular weight is 304 g/mol. The van der Waals surface area contributed by atoms with E-state index < -0.39 is 0 Å². The van der Waals surface area contributed by atoms with Gasteiger partial charge in [0.1, 0.15) is 0 Å². The molecule has 0 spiro atoms. The Morgan fingerprint density at radius 2 is 2.09 bits per heavy atom. The molecule has 0 aliphatic carbocycles. The Bertz CT molecular complexity index is 490. The van der Waals surface area contributed by atoms with E-state index in [1.165, 1.54) is 12.5 Å². The summed E-state index contributed by atoms with van der Waals surface area (Å²) in [5, 5.41) is 2.55. The van der Waals surface area contributed by atoms with Crippen molar-refractivity contribution in [1.29, 1.82) is 0 Å². The van der Waals surface area contributed by atoms with Crippen LogP contribution in [-0.4, -0.2) is 49.1 Å². The summed E-state index contributed by atoms with van der Waals surface area (Å²) in [6, 6.07) is 10.4. The van der Waals surface area contributed by atoms with E-state index in [4.69, 9.17) is 4.74 Å². The Labute approximate surface area is 131 Å². The zero-order valence-electron chi connectivity index (χ0n) is 13.1. The summed E-state index contributed by atoms with van der Waals surface area (Å²) in [5.41, 5.74) is 1.33. The maximum absolute atomic E-state index is 12.0. The minimum atomic E-state index is -0.180. The van der Waals surface area contributed by atoms with Gasteiger partial charge in [-0.25, -0.2) is 0 Å². The molecule has 1 aromatic rings. The molecular weight excluding hydrogens is 280 g/mol. The molecule has 1 unspecified atom stereocenters. The molecule has 120 valence electrons. The number of hydrogen-bond donors (Lipinski definition) is 1. The van der Waals surface area contributed by atoms with E-state index in [-0.39, 0.29) is 24.5 Å². The maximum Gasteiger partial charge on any atom is 0.242 e. The Hall–Kier alpha value is -1.88. The number of nitrogens with zero attached hydrogens (tertiary/aromatic N) is 1. The topological polar surface area (TPSA) is 58.6 Å². The molecule has 0 aromatic heterocycles. The molecule has 1 aliphatic rings. The zero-order valence-corrected chi connectivity index (χ0v) is 13.1. The Balaban J connectivity index is 1.71. The zero-order chi connectivity index (χ0) is 15.8. The number of rotatable bonds is 6. The molecule has 0 radical (unpaired) electrons. The van der Waals surface area contributed by atoms with Crippen LogP contribution >= 0.6 is 0 Å². The van der Waals surface area contributed by atoms with Gasteiger partial charge in [-0.2, -0.15) is 0 Å². The van der Waals surface area contributed by atoms with Crippen LogP contribution in [0.3, 0.4) is 0 Å². The second-order valence-corrected chi connectivity index (χ2v) is 5.62. The third-order valence-corrected chi connectivity index (χ3v) is 3.81. The summed E-state index contributed by atoms with van der Waals surface area (Å²) in [6.07, 6.45) is 3.11. The van der Waals surface area contributed by atoms with Crippen LogP contribution in [-0.2, 0) is 20.7 Å². The van der Waals surface area contributed by atoms with Crippen molar-refractivity contribution in [2.45, 2.75) is 32.3 Å². The van der Waals surface area contributed by atoms with Crippen LogP contribution in [0.15, 0.2) is 30.3 Å². The van der Waals surface area contributed by atoms with E-state index in [9.17, 15) is 9.59 Å². The fraction of sp³-hybridized carbons (Fsp3) is 0.529. The Morgan fingerprint density at radius 1 is 1.32 bits per heavy atom. The minimum Gasteiger partial charge on any atom is -0.375 e. The van der Waals surface area contributed by atoms with Gasteiger partial charge < -0.3 is 15.0 Å². The lowest BCUT2D eigenvalue weighted by Crippen LogP contribution is -2.48. The van der Waals surface area contributed by atoms with E-state index in [1.54, 1.807) is 4.90 Å². The molecule has 1 fully saturated rings. The molecule has 5 nitrogen and oxygen atoms in total. The van der Waals surface area contributed by atoms with Crippen molar-refractivity contribution in [1.82, 2.24) is 10.2 Å². The first kappa shape index (κ1) is 16.5. The first-order valence-electron chi connectivity index (χ1n) is 7.83. The smallest absolute Gasteiger partial charge is 0.242 e. The molecule has 1 heterocycles. The molecule has 22 heavy (non-hydrogen) atoms. The second kappa shape index (κ2) is 8.54. The van der Waals surface area contributed by atoms with Gasteiger partial charge in [-0.3, -0.25) is 9.59 Å². The lowest BCUT2D eigenvalue weighted by molar-refractivity contribution is -0.139. The highest BCUT2D eigenvalue weighted by Gasteiger charge is 2.23. The number of benzene rings is 1. The lowest BCUT2D eigenvalue weighted by Gasteiger charge is -2.33. The number of nitrogens with one attached hydrogen (secondary N) is 1. The summed E-state index contributed by atoms with van der Waals surface area (Å²) in [7, 11) is 0. The van der Waals surface area contributed by atoms with Gasteiger partial charge in [0.15, 0.2) is 0 Å². The quantitative estimate of drug-likeness (QED) is 0.863. The van der Waals surface area contributed by atoms with Crippen LogP contribution in [0.4, 0.5) is 0 Å². The Kier molecular flexibility index (Phi) is 6.40. The van der Waals surface area contributed by atoms with E-state index in [2.05, 4.69) is 29.6 Å². The molecule has 0 saturated carbocycles. The molecule has 1 saturated heterocycles. The number of ether oxygens (including phenoxy) is 1. The first-order chi connectivity index (χ1) is 10.6. The van der Waals surface area contributed by atoms with Gasteiger partial charge in [0.2, 0.25) is 11.8 Å². The fourth-order valence-corrected chi connectivity index (χ4v) is 2.61. The van der Waals surface area contributed by atoms with Crippen LogP contribution in [0, 0.1) is 0 Å². The number of amides is 2. The molecule has 1 N–H and O–H groups in total. The van der Waals surface area contributed by atoms with Crippen molar-refractivity contribution in [2.75, 3.05) is 26.2 Å². The summed E-state index contributed by atoms with van der Waals surface area (Å²) in [6.45, 7) is 3.29. The van der Waals surface area contributed by atoms with E-state index in [0.29, 0.717) is 19.7 Å². The number of morpholine rings is 1. The molecule has 2 amide bonds.